The molecule has 31 heavy (non-hydrogen) atoms. The van der Waals surface area contributed by atoms with E-state index in [0.29, 0.717) is 50.4 Å². The number of nitrogens with one attached hydrogen (secondary N) is 2. The molecule has 3 amide bonds. The normalized spacial score (nSPS) is 16.2. The fourth-order valence-electron chi connectivity index (χ4n) is 3.87. The van der Waals surface area contributed by atoms with Gasteiger partial charge in [0.15, 0.2) is 0 Å². The van der Waals surface area contributed by atoms with Gasteiger partial charge < -0.3 is 15.5 Å². The molecule has 172 valence electrons. The molecule has 1 atom stereocenters. The quantitative estimate of drug-likeness (QED) is 0.696. The summed E-state index contributed by atoms with van der Waals surface area (Å²) in [6.45, 7) is 14.0. The van der Waals surface area contributed by atoms with Gasteiger partial charge in [0.25, 0.3) is 5.91 Å². The summed E-state index contributed by atoms with van der Waals surface area (Å²) in [4.78, 5) is 40.3. The highest BCUT2D eigenvalue weighted by Gasteiger charge is 2.34. The van der Waals surface area contributed by atoms with Crippen LogP contribution in [0.25, 0.3) is 0 Å². The summed E-state index contributed by atoms with van der Waals surface area (Å²) < 4.78 is 0. The minimum atomic E-state index is -0.605. The number of nitrogens with zero attached hydrogens (tertiary/aromatic N) is 1. The van der Waals surface area contributed by atoms with Crippen molar-refractivity contribution in [3.05, 3.63) is 35.4 Å². The minimum Gasteiger partial charge on any atom is -0.354 e. The van der Waals surface area contributed by atoms with Crippen LogP contribution in [0.5, 0.6) is 0 Å². The van der Waals surface area contributed by atoms with Gasteiger partial charge in [-0.25, -0.2) is 0 Å². The Morgan fingerprint density at radius 1 is 1.13 bits per heavy atom. The van der Waals surface area contributed by atoms with Crippen LogP contribution in [0.15, 0.2) is 24.3 Å². The molecule has 1 aromatic carbocycles. The maximum Gasteiger partial charge on any atom is 0.251 e. The Morgan fingerprint density at radius 2 is 1.77 bits per heavy atom. The van der Waals surface area contributed by atoms with E-state index >= 15 is 0 Å². The van der Waals surface area contributed by atoms with E-state index in [1.54, 1.807) is 6.07 Å². The van der Waals surface area contributed by atoms with Gasteiger partial charge in [0.2, 0.25) is 11.8 Å². The fraction of sp³-hybridized carbons (Fsp3) is 0.640. The summed E-state index contributed by atoms with van der Waals surface area (Å²) in [5.74, 6) is 0.109. The summed E-state index contributed by atoms with van der Waals surface area (Å²) in [5, 5.41) is 5.96. The van der Waals surface area contributed by atoms with Gasteiger partial charge in [-0.3, -0.25) is 14.4 Å². The Labute approximate surface area is 187 Å². The third kappa shape index (κ3) is 8.00. The summed E-state index contributed by atoms with van der Waals surface area (Å²) >= 11 is 0. The second kappa shape index (κ2) is 10.8. The number of rotatable bonds is 7. The van der Waals surface area contributed by atoms with E-state index < -0.39 is 6.04 Å². The van der Waals surface area contributed by atoms with E-state index in [2.05, 4.69) is 31.4 Å². The van der Waals surface area contributed by atoms with Gasteiger partial charge in [-0.1, -0.05) is 52.3 Å². The van der Waals surface area contributed by atoms with Crippen molar-refractivity contribution in [2.24, 2.45) is 17.3 Å². The molecule has 1 aromatic rings. The molecule has 1 aliphatic rings. The highest BCUT2D eigenvalue weighted by Crippen LogP contribution is 2.25. The molecule has 0 aromatic heterocycles. The smallest absolute Gasteiger partial charge is 0.251 e. The summed E-state index contributed by atoms with van der Waals surface area (Å²) in [5.41, 5.74) is 1.51. The topological polar surface area (TPSA) is 78.5 Å². The number of carbonyl (C=O) groups is 3. The standard InChI is InChI=1S/C25H39N3O3/c1-17(2)16-26-24(31)22(27-23(30)20-9-7-8-18(3)14-20)19-10-12-28(13-11-19)21(29)15-25(4,5)6/h7-9,14,17,19,22H,10-13,15-16H2,1-6H3,(H,26,31)(H,27,30)/t22-/m0/s1. The lowest BCUT2D eigenvalue weighted by Gasteiger charge is -2.37. The third-order valence-electron chi connectivity index (χ3n) is 5.58. The second-order valence-corrected chi connectivity index (χ2v) is 10.4. The van der Waals surface area contributed by atoms with Gasteiger partial charge in [0.1, 0.15) is 6.04 Å². The average Bonchev–Trinajstić information content (AvgIpc) is 2.69. The Bertz CT molecular complexity index is 774. The molecule has 0 unspecified atom stereocenters. The zero-order valence-corrected chi connectivity index (χ0v) is 20.0. The first-order valence-corrected chi connectivity index (χ1v) is 11.4. The fourth-order valence-corrected chi connectivity index (χ4v) is 3.87. The number of likely N-dealkylation sites (tertiary alicyclic amines) is 1. The van der Waals surface area contributed by atoms with Crippen LogP contribution in [-0.4, -0.2) is 48.3 Å². The monoisotopic (exact) mass is 429 g/mol. The first kappa shape index (κ1) is 24.9. The largest absolute Gasteiger partial charge is 0.354 e. The van der Waals surface area contributed by atoms with E-state index in [9.17, 15) is 14.4 Å². The van der Waals surface area contributed by atoms with E-state index in [1.165, 1.54) is 0 Å². The molecule has 2 rings (SSSR count). The number of amides is 3. The summed E-state index contributed by atoms with van der Waals surface area (Å²) in [6.07, 6.45) is 1.91. The maximum atomic E-state index is 13.0. The van der Waals surface area contributed by atoms with Gasteiger partial charge in [0.05, 0.1) is 0 Å². The predicted octanol–water partition coefficient (Wildman–Crippen LogP) is 3.54. The van der Waals surface area contributed by atoms with Crippen LogP contribution in [0.2, 0.25) is 0 Å². The van der Waals surface area contributed by atoms with E-state index in [4.69, 9.17) is 0 Å². The molecular weight excluding hydrogens is 390 g/mol. The number of hydrogen-bond donors (Lipinski definition) is 2. The van der Waals surface area contributed by atoms with Crippen molar-refractivity contribution in [1.82, 2.24) is 15.5 Å². The number of aryl methyl sites for hydroxylation is 1. The van der Waals surface area contributed by atoms with Crippen molar-refractivity contribution in [2.75, 3.05) is 19.6 Å². The van der Waals surface area contributed by atoms with Gasteiger partial charge >= 0.3 is 0 Å². The van der Waals surface area contributed by atoms with Crippen molar-refractivity contribution in [1.29, 1.82) is 0 Å². The Kier molecular flexibility index (Phi) is 8.66. The van der Waals surface area contributed by atoms with Gasteiger partial charge in [-0.15, -0.1) is 0 Å². The lowest BCUT2D eigenvalue weighted by Crippen LogP contribution is -2.54. The molecule has 0 aliphatic carbocycles. The van der Waals surface area contributed by atoms with Crippen molar-refractivity contribution >= 4 is 17.7 Å². The maximum absolute atomic E-state index is 13.0. The Morgan fingerprint density at radius 3 is 2.32 bits per heavy atom. The number of piperidine rings is 1. The molecule has 0 saturated carbocycles. The molecule has 0 spiro atoms. The van der Waals surface area contributed by atoms with Crippen molar-refractivity contribution < 1.29 is 14.4 Å². The highest BCUT2D eigenvalue weighted by atomic mass is 16.2. The molecule has 1 saturated heterocycles. The van der Waals surface area contributed by atoms with Gasteiger partial charge in [0, 0.05) is 31.6 Å². The molecular formula is C25H39N3O3. The van der Waals surface area contributed by atoms with Crippen LogP contribution in [0.3, 0.4) is 0 Å². The van der Waals surface area contributed by atoms with Crippen LogP contribution in [-0.2, 0) is 9.59 Å². The minimum absolute atomic E-state index is 0.000363. The Balaban J connectivity index is 2.07. The van der Waals surface area contributed by atoms with Crippen LogP contribution >= 0.6 is 0 Å². The highest BCUT2D eigenvalue weighted by molar-refractivity contribution is 5.97. The van der Waals surface area contributed by atoms with Crippen LogP contribution < -0.4 is 10.6 Å². The number of benzene rings is 1. The van der Waals surface area contributed by atoms with Crippen molar-refractivity contribution in [2.45, 2.75) is 66.8 Å². The summed E-state index contributed by atoms with van der Waals surface area (Å²) in [6, 6.07) is 6.77. The van der Waals surface area contributed by atoms with Crippen LogP contribution in [0.1, 0.15) is 69.8 Å². The average molecular weight is 430 g/mol. The van der Waals surface area contributed by atoms with E-state index in [-0.39, 0.29) is 29.1 Å². The van der Waals surface area contributed by atoms with Crippen LogP contribution in [0, 0.1) is 24.2 Å². The molecule has 1 heterocycles. The first-order chi connectivity index (χ1) is 14.5. The third-order valence-corrected chi connectivity index (χ3v) is 5.58. The molecule has 0 radical (unpaired) electrons. The van der Waals surface area contributed by atoms with E-state index in [1.807, 2.05) is 43.9 Å². The molecule has 6 nitrogen and oxygen atoms in total. The zero-order chi connectivity index (χ0) is 23.2. The van der Waals surface area contributed by atoms with Gasteiger partial charge in [-0.05, 0) is 49.1 Å². The molecule has 2 N–H and O–H groups in total. The Hall–Kier alpha value is -2.37. The summed E-state index contributed by atoms with van der Waals surface area (Å²) in [7, 11) is 0. The lowest BCUT2D eigenvalue weighted by atomic mass is 9.87. The lowest BCUT2D eigenvalue weighted by molar-refractivity contribution is -0.134. The first-order valence-electron chi connectivity index (χ1n) is 11.4. The molecule has 1 fully saturated rings. The number of carbonyl (C=O) groups excluding carboxylic acids is 3. The van der Waals surface area contributed by atoms with Crippen LogP contribution in [0.4, 0.5) is 0 Å². The van der Waals surface area contributed by atoms with Crippen molar-refractivity contribution in [3.8, 4) is 0 Å². The zero-order valence-electron chi connectivity index (χ0n) is 20.0. The molecule has 1 aliphatic heterocycles. The molecule has 0 bridgehead atoms. The van der Waals surface area contributed by atoms with Crippen molar-refractivity contribution in [3.63, 3.8) is 0 Å². The molecule has 6 heteroatoms. The predicted molar refractivity (Wildman–Crippen MR) is 124 cm³/mol. The SMILES string of the molecule is Cc1cccc(C(=O)N[C@H](C(=O)NCC(C)C)C2CCN(C(=O)CC(C)(C)C)CC2)c1. The second-order valence-electron chi connectivity index (χ2n) is 10.4. The van der Waals surface area contributed by atoms with Gasteiger partial charge in [-0.2, -0.15) is 0 Å². The van der Waals surface area contributed by atoms with E-state index in [0.717, 1.165) is 5.56 Å². The number of hydrogen-bond acceptors (Lipinski definition) is 3.